The number of aromatic nitrogens is 2. The lowest BCUT2D eigenvalue weighted by molar-refractivity contribution is 0.467. The summed E-state index contributed by atoms with van der Waals surface area (Å²) in [5.41, 5.74) is 7.22. The largest absolute Gasteiger partial charge is 0.339 e. The Kier molecular flexibility index (Phi) is 3.56. The third-order valence-electron chi connectivity index (χ3n) is 3.84. The van der Waals surface area contributed by atoms with Gasteiger partial charge in [-0.1, -0.05) is 30.3 Å². The summed E-state index contributed by atoms with van der Waals surface area (Å²) in [4.78, 5) is 3.95. The van der Waals surface area contributed by atoms with Gasteiger partial charge in [0.05, 0.1) is 6.33 Å². The molecule has 0 radical (unpaired) electrons. The molecule has 0 bridgehead atoms. The Labute approximate surface area is 124 Å². The normalized spacial score (nSPS) is 23.5. The van der Waals surface area contributed by atoms with Gasteiger partial charge in [0.2, 0.25) is 0 Å². The summed E-state index contributed by atoms with van der Waals surface area (Å²) < 4.78 is 28.2. The Bertz CT molecular complexity index is 726. The number of imidazole rings is 1. The van der Waals surface area contributed by atoms with Crippen LogP contribution in [-0.4, -0.2) is 41.4 Å². The smallest absolute Gasteiger partial charge is 0.262 e. The van der Waals surface area contributed by atoms with Crippen molar-refractivity contribution >= 4 is 10.0 Å². The fourth-order valence-electron chi connectivity index (χ4n) is 2.70. The quantitative estimate of drug-likeness (QED) is 0.897. The van der Waals surface area contributed by atoms with Crippen LogP contribution in [0.15, 0.2) is 47.9 Å². The van der Waals surface area contributed by atoms with Crippen LogP contribution in [-0.2, 0) is 17.1 Å². The van der Waals surface area contributed by atoms with E-state index in [0.717, 1.165) is 5.56 Å². The van der Waals surface area contributed by atoms with Crippen molar-refractivity contribution in [1.82, 2.24) is 13.9 Å². The van der Waals surface area contributed by atoms with Gasteiger partial charge >= 0.3 is 0 Å². The minimum Gasteiger partial charge on any atom is -0.339 e. The topological polar surface area (TPSA) is 81.2 Å². The average molecular weight is 306 g/mol. The van der Waals surface area contributed by atoms with E-state index in [1.165, 1.54) is 16.8 Å². The molecule has 3 rings (SSSR count). The zero-order valence-electron chi connectivity index (χ0n) is 11.8. The number of hydrogen-bond acceptors (Lipinski definition) is 4. The van der Waals surface area contributed by atoms with E-state index < -0.39 is 10.0 Å². The zero-order valence-corrected chi connectivity index (χ0v) is 12.6. The van der Waals surface area contributed by atoms with Gasteiger partial charge in [0.1, 0.15) is 0 Å². The van der Waals surface area contributed by atoms with Gasteiger partial charge in [0.25, 0.3) is 10.0 Å². The monoisotopic (exact) mass is 306 g/mol. The third kappa shape index (κ3) is 2.59. The highest BCUT2D eigenvalue weighted by atomic mass is 32.2. The predicted octanol–water partition coefficient (Wildman–Crippen LogP) is 0.535. The zero-order chi connectivity index (χ0) is 15.0. The van der Waals surface area contributed by atoms with E-state index in [9.17, 15) is 8.42 Å². The number of sulfonamides is 1. The summed E-state index contributed by atoms with van der Waals surface area (Å²) in [5.74, 6) is 0.0182. The van der Waals surface area contributed by atoms with Crippen LogP contribution in [0.3, 0.4) is 0 Å². The molecule has 0 aliphatic carbocycles. The van der Waals surface area contributed by atoms with E-state index in [0.29, 0.717) is 13.1 Å². The number of aryl methyl sites for hydroxylation is 1. The maximum Gasteiger partial charge on any atom is 0.262 e. The maximum atomic E-state index is 12.6. The molecule has 21 heavy (non-hydrogen) atoms. The molecule has 112 valence electrons. The van der Waals surface area contributed by atoms with Crippen molar-refractivity contribution in [3.05, 3.63) is 48.4 Å². The van der Waals surface area contributed by atoms with Gasteiger partial charge in [-0.3, -0.25) is 0 Å². The molecule has 1 aromatic heterocycles. The molecule has 0 unspecified atom stereocenters. The molecule has 6 nitrogen and oxygen atoms in total. The van der Waals surface area contributed by atoms with Crippen molar-refractivity contribution < 1.29 is 8.42 Å². The minimum absolute atomic E-state index is 0.0182. The molecule has 1 aliphatic rings. The number of hydrogen-bond donors (Lipinski definition) is 1. The molecule has 0 amide bonds. The molecule has 0 spiro atoms. The predicted molar refractivity (Wildman–Crippen MR) is 79.1 cm³/mol. The maximum absolute atomic E-state index is 12.6. The minimum atomic E-state index is -3.57. The Morgan fingerprint density at radius 3 is 2.57 bits per heavy atom. The first-order valence-electron chi connectivity index (χ1n) is 6.77. The van der Waals surface area contributed by atoms with Crippen LogP contribution in [0.2, 0.25) is 0 Å². The second-order valence-corrected chi connectivity index (χ2v) is 7.27. The van der Waals surface area contributed by atoms with Crippen molar-refractivity contribution in [2.75, 3.05) is 13.1 Å². The Morgan fingerprint density at radius 1 is 1.24 bits per heavy atom. The molecule has 7 heteroatoms. The van der Waals surface area contributed by atoms with Crippen molar-refractivity contribution in [3.8, 4) is 0 Å². The fraction of sp³-hybridized carbons (Fsp3) is 0.357. The second-order valence-electron chi connectivity index (χ2n) is 5.38. The van der Waals surface area contributed by atoms with Gasteiger partial charge in [-0.05, 0) is 5.56 Å². The molecule has 2 N–H and O–H groups in total. The van der Waals surface area contributed by atoms with E-state index in [1.807, 2.05) is 30.3 Å². The Balaban J connectivity index is 1.86. The molecular formula is C14H18N4O2S. The van der Waals surface area contributed by atoms with E-state index >= 15 is 0 Å². The first kappa shape index (κ1) is 14.2. The third-order valence-corrected chi connectivity index (χ3v) is 5.56. The van der Waals surface area contributed by atoms with Crippen molar-refractivity contribution in [2.24, 2.45) is 12.8 Å². The summed E-state index contributed by atoms with van der Waals surface area (Å²) in [6.07, 6.45) is 2.99. The molecule has 1 aromatic carbocycles. The molecule has 1 aliphatic heterocycles. The van der Waals surface area contributed by atoms with Crippen LogP contribution >= 0.6 is 0 Å². The van der Waals surface area contributed by atoms with Crippen LogP contribution in [0, 0.1) is 0 Å². The summed E-state index contributed by atoms with van der Waals surface area (Å²) in [6, 6.07) is 9.59. The van der Waals surface area contributed by atoms with Gasteiger partial charge in [0, 0.05) is 38.3 Å². The van der Waals surface area contributed by atoms with Crippen LogP contribution in [0.1, 0.15) is 11.5 Å². The fourth-order valence-corrected chi connectivity index (χ4v) is 4.16. The van der Waals surface area contributed by atoms with E-state index in [4.69, 9.17) is 5.73 Å². The molecule has 0 saturated carbocycles. The lowest BCUT2D eigenvalue weighted by atomic mass is 9.95. The first-order chi connectivity index (χ1) is 9.98. The summed E-state index contributed by atoms with van der Waals surface area (Å²) in [6.45, 7) is 0.711. The summed E-state index contributed by atoms with van der Waals surface area (Å²) >= 11 is 0. The van der Waals surface area contributed by atoms with Crippen LogP contribution in [0.4, 0.5) is 0 Å². The standard InChI is InChI=1S/C14H18N4O2S/c1-17-9-14(16-10-17)21(19,20)18-7-12(13(15)8-18)11-5-3-2-4-6-11/h2-6,9-10,12-13H,7-8,15H2,1H3/t12-,13+/m1/s1. The second kappa shape index (κ2) is 5.25. The molecular weight excluding hydrogens is 288 g/mol. The Hall–Kier alpha value is -1.70. The molecule has 1 fully saturated rings. The highest BCUT2D eigenvalue weighted by Crippen LogP contribution is 2.29. The van der Waals surface area contributed by atoms with Crippen molar-refractivity contribution in [3.63, 3.8) is 0 Å². The summed E-state index contributed by atoms with van der Waals surface area (Å²) in [5, 5.41) is 0.0749. The van der Waals surface area contributed by atoms with Crippen LogP contribution in [0.5, 0.6) is 0 Å². The summed E-state index contributed by atoms with van der Waals surface area (Å²) in [7, 11) is -1.83. The number of nitrogens with two attached hydrogens (primary N) is 1. The van der Waals surface area contributed by atoms with Gasteiger partial charge < -0.3 is 10.3 Å². The van der Waals surface area contributed by atoms with Gasteiger partial charge in [0.15, 0.2) is 5.03 Å². The van der Waals surface area contributed by atoms with E-state index in [-0.39, 0.29) is 17.0 Å². The van der Waals surface area contributed by atoms with Crippen LogP contribution in [0.25, 0.3) is 0 Å². The lowest BCUT2D eigenvalue weighted by Gasteiger charge is -2.15. The van der Waals surface area contributed by atoms with Gasteiger partial charge in [-0.2, -0.15) is 4.31 Å². The number of benzene rings is 1. The molecule has 2 atom stereocenters. The number of nitrogens with zero attached hydrogens (tertiary/aromatic N) is 3. The van der Waals surface area contributed by atoms with Crippen LogP contribution < -0.4 is 5.73 Å². The highest BCUT2D eigenvalue weighted by Gasteiger charge is 2.39. The van der Waals surface area contributed by atoms with Gasteiger partial charge in [-0.25, -0.2) is 13.4 Å². The van der Waals surface area contributed by atoms with Gasteiger partial charge in [-0.15, -0.1) is 0 Å². The first-order valence-corrected chi connectivity index (χ1v) is 8.21. The molecule has 1 saturated heterocycles. The lowest BCUT2D eigenvalue weighted by Crippen LogP contribution is -2.32. The van der Waals surface area contributed by atoms with E-state index in [1.54, 1.807) is 11.6 Å². The number of rotatable bonds is 3. The SMILES string of the molecule is Cn1cnc(S(=O)(=O)N2C[C@H](c3ccccc3)[C@@H](N)C2)c1. The van der Waals surface area contributed by atoms with Crippen molar-refractivity contribution in [1.29, 1.82) is 0 Å². The highest BCUT2D eigenvalue weighted by molar-refractivity contribution is 7.89. The average Bonchev–Trinajstić information content (AvgIpc) is 3.07. The Morgan fingerprint density at radius 2 is 1.95 bits per heavy atom. The molecule has 2 aromatic rings. The van der Waals surface area contributed by atoms with E-state index in [2.05, 4.69) is 4.98 Å². The van der Waals surface area contributed by atoms with Crippen molar-refractivity contribution in [2.45, 2.75) is 17.0 Å². The molecule has 2 heterocycles.